The van der Waals surface area contributed by atoms with E-state index < -0.39 is 0 Å². The van der Waals surface area contributed by atoms with Crippen LogP contribution < -0.4 is 0 Å². The van der Waals surface area contributed by atoms with Crippen LogP contribution in [-0.4, -0.2) is 30.6 Å². The minimum absolute atomic E-state index is 0.152. The number of cyclic esters (lactones) is 1. The highest BCUT2D eigenvalue weighted by Gasteiger charge is 2.39. The summed E-state index contributed by atoms with van der Waals surface area (Å²) in [6, 6.07) is 0. The highest BCUT2D eigenvalue weighted by atomic mass is 16.6. The number of carbonyl (C=O) groups excluding carboxylic acids is 2. The van der Waals surface area contributed by atoms with Crippen LogP contribution in [0.3, 0.4) is 0 Å². The molecule has 0 aromatic carbocycles. The zero-order valence-electron chi connectivity index (χ0n) is 15.2. The smallest absolute Gasteiger partial charge is 0.305 e. The van der Waals surface area contributed by atoms with Crippen molar-refractivity contribution in [2.75, 3.05) is 6.61 Å². The first-order valence-electron chi connectivity index (χ1n) is 9.04. The summed E-state index contributed by atoms with van der Waals surface area (Å²) in [5.41, 5.74) is -0.178. The molecule has 2 heterocycles. The van der Waals surface area contributed by atoms with Crippen LogP contribution in [-0.2, 0) is 19.1 Å². The predicted molar refractivity (Wildman–Crippen MR) is 89.1 cm³/mol. The van der Waals surface area contributed by atoms with Gasteiger partial charge in [0.05, 0.1) is 18.8 Å². The predicted octanol–water partition coefficient (Wildman–Crippen LogP) is 4.05. The molecule has 0 aliphatic carbocycles. The standard InChI is InChI=1S/C19H32O4/c1-18(2)11-6-7-14-15(23-14)10-12-22-17(21)9-5-8-16(20)19(3,4)13-18/h14-15H,5-13H2,1-4H3. The van der Waals surface area contributed by atoms with Gasteiger partial charge in [-0.15, -0.1) is 0 Å². The second-order valence-corrected chi connectivity index (χ2v) is 8.62. The van der Waals surface area contributed by atoms with E-state index in [-0.39, 0.29) is 28.7 Å². The van der Waals surface area contributed by atoms with E-state index in [2.05, 4.69) is 13.8 Å². The first-order chi connectivity index (χ1) is 10.7. The molecule has 2 rings (SSSR count). The molecule has 132 valence electrons. The lowest BCUT2D eigenvalue weighted by Crippen LogP contribution is -2.31. The highest BCUT2D eigenvalue weighted by Crippen LogP contribution is 2.40. The number of hydrogen-bond donors (Lipinski definition) is 0. The summed E-state index contributed by atoms with van der Waals surface area (Å²) < 4.78 is 10.9. The van der Waals surface area contributed by atoms with E-state index in [4.69, 9.17) is 9.47 Å². The Morgan fingerprint density at radius 1 is 0.957 bits per heavy atom. The molecule has 2 aliphatic rings. The molecule has 2 atom stereocenters. The first-order valence-corrected chi connectivity index (χ1v) is 9.04. The summed E-state index contributed by atoms with van der Waals surface area (Å²) in [6.07, 6.45) is 6.99. The Labute approximate surface area is 140 Å². The monoisotopic (exact) mass is 324 g/mol. The van der Waals surface area contributed by atoms with Crippen molar-refractivity contribution < 1.29 is 19.1 Å². The molecular weight excluding hydrogens is 292 g/mol. The molecule has 2 aliphatic heterocycles. The Morgan fingerprint density at radius 3 is 2.39 bits per heavy atom. The second kappa shape index (κ2) is 7.33. The first kappa shape index (κ1) is 18.4. The van der Waals surface area contributed by atoms with Crippen LogP contribution in [0.5, 0.6) is 0 Å². The number of carbonyl (C=O) groups is 2. The summed E-state index contributed by atoms with van der Waals surface area (Å²) in [5.74, 6) is 0.0660. The summed E-state index contributed by atoms with van der Waals surface area (Å²) in [5, 5.41) is 0. The molecule has 2 saturated heterocycles. The van der Waals surface area contributed by atoms with Crippen LogP contribution in [0.25, 0.3) is 0 Å². The van der Waals surface area contributed by atoms with Crippen molar-refractivity contribution >= 4 is 11.8 Å². The maximum absolute atomic E-state index is 12.5. The molecule has 0 saturated carbocycles. The van der Waals surface area contributed by atoms with Crippen molar-refractivity contribution in [2.45, 2.75) is 91.3 Å². The van der Waals surface area contributed by atoms with Gasteiger partial charge in [0.15, 0.2) is 0 Å². The molecule has 2 fully saturated rings. The second-order valence-electron chi connectivity index (χ2n) is 8.62. The SMILES string of the molecule is CC1(C)CCCC2OC2CCOC(=O)CCCC(=O)C(C)(C)C1. The summed E-state index contributed by atoms with van der Waals surface area (Å²) in [7, 11) is 0. The average molecular weight is 324 g/mol. The fraction of sp³-hybridized carbons (Fsp3) is 0.895. The van der Waals surface area contributed by atoms with Gasteiger partial charge in [-0.2, -0.15) is 0 Å². The van der Waals surface area contributed by atoms with Gasteiger partial charge in [-0.3, -0.25) is 9.59 Å². The lowest BCUT2D eigenvalue weighted by atomic mass is 9.70. The molecule has 0 N–H and O–H groups in total. The Morgan fingerprint density at radius 2 is 1.65 bits per heavy atom. The number of Topliss-reactive ketones (excluding diaryl/α,β-unsaturated/α-hetero) is 1. The number of esters is 1. The molecule has 0 spiro atoms. The van der Waals surface area contributed by atoms with Crippen molar-refractivity contribution in [3.05, 3.63) is 0 Å². The van der Waals surface area contributed by atoms with Crippen molar-refractivity contribution in [1.82, 2.24) is 0 Å². The van der Waals surface area contributed by atoms with Gasteiger partial charge in [-0.1, -0.05) is 34.1 Å². The van der Waals surface area contributed by atoms with Crippen LogP contribution in [0.15, 0.2) is 0 Å². The van der Waals surface area contributed by atoms with Gasteiger partial charge in [-0.05, 0) is 31.1 Å². The Hall–Kier alpha value is -0.900. The van der Waals surface area contributed by atoms with Gasteiger partial charge >= 0.3 is 5.97 Å². The number of ether oxygens (including phenoxy) is 2. The Bertz CT molecular complexity index is 439. The maximum Gasteiger partial charge on any atom is 0.305 e. The van der Waals surface area contributed by atoms with Gasteiger partial charge in [0, 0.05) is 24.7 Å². The minimum Gasteiger partial charge on any atom is -0.466 e. The van der Waals surface area contributed by atoms with E-state index in [0.29, 0.717) is 32.0 Å². The molecular formula is C19H32O4. The summed E-state index contributed by atoms with van der Waals surface area (Å²) >= 11 is 0. The number of rotatable bonds is 0. The highest BCUT2D eigenvalue weighted by molar-refractivity contribution is 5.84. The summed E-state index contributed by atoms with van der Waals surface area (Å²) in [4.78, 5) is 24.2. The van der Waals surface area contributed by atoms with Crippen LogP contribution in [0.2, 0.25) is 0 Å². The van der Waals surface area contributed by atoms with E-state index >= 15 is 0 Å². The van der Waals surface area contributed by atoms with Gasteiger partial charge < -0.3 is 9.47 Å². The molecule has 0 bridgehead atoms. The van der Waals surface area contributed by atoms with Crippen molar-refractivity contribution in [1.29, 1.82) is 0 Å². The fourth-order valence-electron chi connectivity index (χ4n) is 3.94. The number of fused-ring (bicyclic) bond motifs is 1. The lowest BCUT2D eigenvalue weighted by molar-refractivity contribution is -0.144. The molecule has 23 heavy (non-hydrogen) atoms. The fourth-order valence-corrected chi connectivity index (χ4v) is 3.94. The van der Waals surface area contributed by atoms with E-state index in [1.807, 2.05) is 13.8 Å². The van der Waals surface area contributed by atoms with Gasteiger partial charge in [0.25, 0.3) is 0 Å². The molecule has 4 heteroatoms. The van der Waals surface area contributed by atoms with Crippen molar-refractivity contribution in [3.8, 4) is 0 Å². The van der Waals surface area contributed by atoms with Crippen molar-refractivity contribution in [3.63, 3.8) is 0 Å². The number of epoxide rings is 1. The molecule has 2 unspecified atom stereocenters. The third kappa shape index (κ3) is 5.91. The molecule has 0 aromatic heterocycles. The molecule has 0 aromatic rings. The summed E-state index contributed by atoms with van der Waals surface area (Å²) in [6.45, 7) is 9.03. The topological polar surface area (TPSA) is 55.9 Å². The lowest BCUT2D eigenvalue weighted by Gasteiger charge is -2.34. The third-order valence-electron chi connectivity index (χ3n) is 5.16. The van der Waals surface area contributed by atoms with E-state index in [0.717, 1.165) is 32.1 Å². The third-order valence-corrected chi connectivity index (χ3v) is 5.16. The molecule has 4 nitrogen and oxygen atoms in total. The number of ketones is 1. The van der Waals surface area contributed by atoms with E-state index in [1.54, 1.807) is 0 Å². The van der Waals surface area contributed by atoms with E-state index in [1.165, 1.54) is 0 Å². The van der Waals surface area contributed by atoms with Crippen LogP contribution in [0, 0.1) is 10.8 Å². The van der Waals surface area contributed by atoms with Gasteiger partial charge in [0.1, 0.15) is 5.78 Å². The normalized spacial score (nSPS) is 32.7. The largest absolute Gasteiger partial charge is 0.466 e. The van der Waals surface area contributed by atoms with Crippen molar-refractivity contribution in [2.24, 2.45) is 10.8 Å². The Balaban J connectivity index is 1.96. The minimum atomic E-state index is -0.330. The van der Waals surface area contributed by atoms with E-state index in [9.17, 15) is 9.59 Å². The Kier molecular flexibility index (Phi) is 5.88. The van der Waals surface area contributed by atoms with Crippen LogP contribution in [0.1, 0.15) is 79.1 Å². The quantitative estimate of drug-likeness (QED) is 0.498. The van der Waals surface area contributed by atoms with Crippen LogP contribution in [0.4, 0.5) is 0 Å². The molecule has 0 radical (unpaired) electrons. The van der Waals surface area contributed by atoms with Gasteiger partial charge in [-0.25, -0.2) is 0 Å². The maximum atomic E-state index is 12.5. The van der Waals surface area contributed by atoms with Crippen LogP contribution >= 0.6 is 0 Å². The number of hydrogen-bond acceptors (Lipinski definition) is 4. The molecule has 0 amide bonds. The zero-order chi connectivity index (χ0) is 17.1. The average Bonchev–Trinajstić information content (AvgIpc) is 3.14. The van der Waals surface area contributed by atoms with Gasteiger partial charge in [0.2, 0.25) is 0 Å². The zero-order valence-corrected chi connectivity index (χ0v) is 15.2.